The highest BCUT2D eigenvalue weighted by molar-refractivity contribution is 7.99. The maximum Gasteiger partial charge on any atom is 0.339 e. The number of carbonyl (C=O) groups excluding carboxylic acids is 2. The van der Waals surface area contributed by atoms with Gasteiger partial charge in [0.15, 0.2) is 0 Å². The number of hydrogen-bond donors (Lipinski definition) is 1. The molecule has 150 valence electrons. The monoisotopic (exact) mass is 413 g/mol. The minimum absolute atomic E-state index is 0.0624. The summed E-state index contributed by atoms with van der Waals surface area (Å²) >= 11 is 1.18. The summed E-state index contributed by atoms with van der Waals surface area (Å²) in [5, 5.41) is 14.8. The van der Waals surface area contributed by atoms with Crippen LogP contribution in [0.2, 0.25) is 0 Å². The minimum atomic E-state index is -0.520. The lowest BCUT2D eigenvalue weighted by atomic mass is 10.2. The van der Waals surface area contributed by atoms with Gasteiger partial charge in [-0.25, -0.2) is 4.79 Å². The van der Waals surface area contributed by atoms with Gasteiger partial charge in [0.25, 0.3) is 0 Å². The molecule has 0 atom stereocenters. The van der Waals surface area contributed by atoms with Gasteiger partial charge in [0.1, 0.15) is 5.75 Å². The number of nitrogens with zero attached hydrogens (tertiary/aromatic N) is 4. The van der Waals surface area contributed by atoms with Crippen LogP contribution in [0, 0.1) is 0 Å². The molecule has 0 aliphatic rings. The predicted molar refractivity (Wildman–Crippen MR) is 107 cm³/mol. The smallest absolute Gasteiger partial charge is 0.339 e. The Hall–Kier alpha value is -3.40. The quantitative estimate of drug-likeness (QED) is 0.443. The molecule has 3 rings (SSSR count). The molecule has 0 unspecified atom stereocenters. The normalized spacial score (nSPS) is 10.4. The van der Waals surface area contributed by atoms with Crippen LogP contribution in [0.15, 0.2) is 53.7 Å². The van der Waals surface area contributed by atoms with Crippen LogP contribution < -0.4 is 10.1 Å². The van der Waals surface area contributed by atoms with Gasteiger partial charge < -0.3 is 14.8 Å². The number of anilines is 1. The number of methoxy groups -OCH3 is 1. The molecule has 0 bridgehead atoms. The lowest BCUT2D eigenvalue weighted by molar-refractivity contribution is -0.113. The number of benzene rings is 2. The molecule has 2 aromatic carbocycles. The van der Waals surface area contributed by atoms with Gasteiger partial charge in [-0.1, -0.05) is 23.9 Å². The third kappa shape index (κ3) is 5.11. The molecule has 1 aromatic heterocycles. The molecule has 0 fully saturated rings. The second kappa shape index (κ2) is 9.69. The molecule has 9 nitrogen and oxygen atoms in total. The molecule has 29 heavy (non-hydrogen) atoms. The van der Waals surface area contributed by atoms with Crippen LogP contribution >= 0.6 is 11.8 Å². The number of rotatable bonds is 8. The number of carbonyl (C=O) groups is 2. The van der Waals surface area contributed by atoms with E-state index < -0.39 is 5.97 Å². The zero-order chi connectivity index (χ0) is 20.6. The lowest BCUT2D eigenvalue weighted by Gasteiger charge is -2.09. The molecule has 1 heterocycles. The Morgan fingerprint density at radius 3 is 2.62 bits per heavy atom. The molecule has 0 saturated carbocycles. The lowest BCUT2D eigenvalue weighted by Crippen LogP contribution is -2.17. The van der Waals surface area contributed by atoms with Gasteiger partial charge >= 0.3 is 5.97 Å². The first-order valence-corrected chi connectivity index (χ1v) is 9.72. The second-order valence-electron chi connectivity index (χ2n) is 5.67. The average molecular weight is 413 g/mol. The largest absolute Gasteiger partial charge is 0.494 e. The van der Waals surface area contributed by atoms with Crippen LogP contribution in [0.4, 0.5) is 5.69 Å². The Balaban J connectivity index is 1.65. The maximum atomic E-state index is 12.4. The van der Waals surface area contributed by atoms with E-state index in [9.17, 15) is 9.59 Å². The van der Waals surface area contributed by atoms with E-state index in [1.807, 2.05) is 31.2 Å². The van der Waals surface area contributed by atoms with Gasteiger partial charge in [-0.15, -0.1) is 5.10 Å². The topological polar surface area (TPSA) is 108 Å². The van der Waals surface area contributed by atoms with Gasteiger partial charge in [0, 0.05) is 0 Å². The predicted octanol–water partition coefficient (Wildman–Crippen LogP) is 2.58. The zero-order valence-electron chi connectivity index (χ0n) is 15.9. The standard InChI is InChI=1S/C19H19N5O4S/c1-3-28-14-10-8-13(9-11-14)24-19(21-22-23-24)29-12-17(25)20-16-7-5-4-6-15(16)18(26)27-2/h4-11H,3,12H2,1-2H3,(H,20,25). The number of tetrazole rings is 1. The van der Waals surface area contributed by atoms with Crippen LogP contribution in [-0.4, -0.2) is 51.6 Å². The highest BCUT2D eigenvalue weighted by Gasteiger charge is 2.15. The Morgan fingerprint density at radius 2 is 1.90 bits per heavy atom. The van der Waals surface area contributed by atoms with Crippen molar-refractivity contribution in [1.82, 2.24) is 20.2 Å². The van der Waals surface area contributed by atoms with Gasteiger partial charge in [-0.3, -0.25) is 4.79 Å². The molecule has 3 aromatic rings. The number of hydrogen-bond acceptors (Lipinski definition) is 8. The van der Waals surface area contributed by atoms with Gasteiger partial charge in [-0.2, -0.15) is 4.68 Å². The van der Waals surface area contributed by atoms with Crippen molar-refractivity contribution in [3.8, 4) is 11.4 Å². The van der Waals surface area contributed by atoms with E-state index in [4.69, 9.17) is 9.47 Å². The summed E-state index contributed by atoms with van der Waals surface area (Å²) in [6.45, 7) is 2.50. The molecule has 10 heteroatoms. The summed E-state index contributed by atoms with van der Waals surface area (Å²) in [6.07, 6.45) is 0. The summed E-state index contributed by atoms with van der Waals surface area (Å²) in [5.41, 5.74) is 1.42. The van der Waals surface area contributed by atoms with Crippen molar-refractivity contribution in [2.75, 3.05) is 24.8 Å². The van der Waals surface area contributed by atoms with Crippen molar-refractivity contribution in [3.05, 3.63) is 54.1 Å². The molecular formula is C19H19N5O4S. The van der Waals surface area contributed by atoms with Crippen molar-refractivity contribution in [3.63, 3.8) is 0 Å². The van der Waals surface area contributed by atoms with Crippen LogP contribution in [0.25, 0.3) is 5.69 Å². The van der Waals surface area contributed by atoms with Crippen molar-refractivity contribution >= 4 is 29.3 Å². The van der Waals surface area contributed by atoms with Crippen molar-refractivity contribution in [2.24, 2.45) is 0 Å². The summed E-state index contributed by atoms with van der Waals surface area (Å²) in [7, 11) is 1.29. The first-order chi connectivity index (χ1) is 14.1. The summed E-state index contributed by atoms with van der Waals surface area (Å²) in [6, 6.07) is 14.0. The van der Waals surface area contributed by atoms with Gasteiger partial charge in [-0.05, 0) is 53.7 Å². The highest BCUT2D eigenvalue weighted by atomic mass is 32.2. The SMILES string of the molecule is CCOc1ccc(-n2nnnc2SCC(=O)Nc2ccccc2C(=O)OC)cc1. The van der Waals surface area contributed by atoms with Gasteiger partial charge in [0.05, 0.1) is 36.4 Å². The van der Waals surface area contributed by atoms with Crippen molar-refractivity contribution < 1.29 is 19.1 Å². The van der Waals surface area contributed by atoms with Gasteiger partial charge in [0.2, 0.25) is 11.1 Å². The number of nitrogens with one attached hydrogen (secondary N) is 1. The van der Waals surface area contributed by atoms with Crippen LogP contribution in [-0.2, 0) is 9.53 Å². The zero-order valence-corrected chi connectivity index (χ0v) is 16.7. The first-order valence-electron chi connectivity index (χ1n) is 8.74. The van der Waals surface area contributed by atoms with Crippen LogP contribution in [0.1, 0.15) is 17.3 Å². The number of thioether (sulfide) groups is 1. The molecular weight excluding hydrogens is 394 g/mol. The third-order valence-electron chi connectivity index (χ3n) is 3.77. The average Bonchev–Trinajstić information content (AvgIpc) is 3.21. The molecule has 0 spiro atoms. The number of esters is 1. The number of aromatic nitrogens is 4. The van der Waals surface area contributed by atoms with Crippen molar-refractivity contribution in [2.45, 2.75) is 12.1 Å². The third-order valence-corrected chi connectivity index (χ3v) is 4.69. The summed E-state index contributed by atoms with van der Waals surface area (Å²) < 4.78 is 11.7. The number of para-hydroxylation sites is 1. The molecule has 0 saturated heterocycles. The number of ether oxygens (including phenoxy) is 2. The Labute approximate surface area is 171 Å². The molecule has 1 amide bonds. The Morgan fingerprint density at radius 1 is 1.14 bits per heavy atom. The van der Waals surface area contributed by atoms with Crippen molar-refractivity contribution in [1.29, 1.82) is 0 Å². The fourth-order valence-corrected chi connectivity index (χ4v) is 3.17. The fraction of sp³-hybridized carbons (Fsp3) is 0.211. The molecule has 0 radical (unpaired) electrons. The van der Waals surface area contributed by atoms with E-state index >= 15 is 0 Å². The summed E-state index contributed by atoms with van der Waals surface area (Å²) in [5.74, 6) is -0.00447. The molecule has 0 aliphatic heterocycles. The van der Waals surface area contributed by atoms with E-state index in [1.165, 1.54) is 23.6 Å². The molecule has 0 aliphatic carbocycles. The van der Waals surface area contributed by atoms with E-state index in [-0.39, 0.29) is 17.2 Å². The van der Waals surface area contributed by atoms with Crippen LogP contribution in [0.3, 0.4) is 0 Å². The van der Waals surface area contributed by atoms with E-state index in [0.717, 1.165) is 11.4 Å². The van der Waals surface area contributed by atoms with E-state index in [2.05, 4.69) is 20.8 Å². The number of amides is 1. The second-order valence-corrected chi connectivity index (χ2v) is 6.62. The van der Waals surface area contributed by atoms with E-state index in [0.29, 0.717) is 17.5 Å². The summed E-state index contributed by atoms with van der Waals surface area (Å²) in [4.78, 5) is 24.2. The van der Waals surface area contributed by atoms with Crippen LogP contribution in [0.5, 0.6) is 5.75 Å². The molecule has 1 N–H and O–H groups in total. The Bertz CT molecular complexity index is 990. The Kier molecular flexibility index (Phi) is 6.80. The highest BCUT2D eigenvalue weighted by Crippen LogP contribution is 2.21. The fourth-order valence-electron chi connectivity index (χ4n) is 2.48. The van der Waals surface area contributed by atoms with E-state index in [1.54, 1.807) is 24.3 Å². The maximum absolute atomic E-state index is 12.4. The first kappa shape index (κ1) is 20.3. The minimum Gasteiger partial charge on any atom is -0.494 e.